The van der Waals surface area contributed by atoms with Crippen LogP contribution < -0.4 is 10.1 Å². The Morgan fingerprint density at radius 1 is 1.18 bits per heavy atom. The van der Waals surface area contributed by atoms with Crippen molar-refractivity contribution in [3.05, 3.63) is 60.5 Å². The summed E-state index contributed by atoms with van der Waals surface area (Å²) in [5.74, 6) is 1.52. The van der Waals surface area contributed by atoms with Crippen molar-refractivity contribution >= 4 is 11.6 Å². The molecule has 3 rings (SSSR count). The molecule has 7 nitrogen and oxygen atoms in total. The molecule has 2 aromatic carbocycles. The number of aromatic nitrogens is 2. The highest BCUT2D eigenvalue weighted by Crippen LogP contribution is 2.20. The van der Waals surface area contributed by atoms with Gasteiger partial charge in [-0.2, -0.15) is 0 Å². The van der Waals surface area contributed by atoms with Crippen molar-refractivity contribution in [2.45, 2.75) is 25.9 Å². The molecule has 0 aliphatic heterocycles. The van der Waals surface area contributed by atoms with Gasteiger partial charge >= 0.3 is 0 Å². The summed E-state index contributed by atoms with van der Waals surface area (Å²) in [6.07, 6.45) is 0.638. The van der Waals surface area contributed by atoms with Crippen molar-refractivity contribution in [3.63, 3.8) is 0 Å². The maximum absolute atomic E-state index is 12.9. The molecule has 0 fully saturated rings. The maximum atomic E-state index is 12.9. The fourth-order valence-electron chi connectivity index (χ4n) is 2.81. The van der Waals surface area contributed by atoms with Gasteiger partial charge in [0, 0.05) is 24.4 Å². The number of carbonyl (C=O) groups excluding carboxylic acids is 1. The van der Waals surface area contributed by atoms with E-state index in [0.29, 0.717) is 18.2 Å². The summed E-state index contributed by atoms with van der Waals surface area (Å²) < 4.78 is 10.9. The van der Waals surface area contributed by atoms with Crippen molar-refractivity contribution in [2.24, 2.45) is 0 Å². The first kappa shape index (κ1) is 19.4. The largest absolute Gasteiger partial charge is 0.497 e. The number of rotatable bonds is 8. The van der Waals surface area contributed by atoms with Crippen LogP contribution in [0.3, 0.4) is 0 Å². The Morgan fingerprint density at radius 3 is 2.68 bits per heavy atom. The smallest absolute Gasteiger partial charge is 0.247 e. The van der Waals surface area contributed by atoms with E-state index >= 15 is 0 Å². The zero-order valence-electron chi connectivity index (χ0n) is 16.3. The molecule has 3 aromatic rings. The Morgan fingerprint density at radius 2 is 1.96 bits per heavy atom. The van der Waals surface area contributed by atoms with Crippen LogP contribution in [0.15, 0.2) is 59.0 Å². The van der Waals surface area contributed by atoms with E-state index < -0.39 is 0 Å². The third-order valence-corrected chi connectivity index (χ3v) is 4.35. The number of carbonyl (C=O) groups is 1. The predicted octanol–water partition coefficient (Wildman–Crippen LogP) is 3.59. The van der Waals surface area contributed by atoms with Crippen molar-refractivity contribution < 1.29 is 13.9 Å². The summed E-state index contributed by atoms with van der Waals surface area (Å²) in [5.41, 5.74) is 1.68. The third-order valence-electron chi connectivity index (χ3n) is 4.35. The van der Waals surface area contributed by atoms with Gasteiger partial charge in [-0.1, -0.05) is 31.2 Å². The minimum absolute atomic E-state index is 0.0511. The second-order valence-corrected chi connectivity index (χ2v) is 6.40. The molecule has 0 aliphatic carbocycles. The van der Waals surface area contributed by atoms with E-state index in [9.17, 15) is 4.79 Å². The molecule has 1 heterocycles. The number of methoxy groups -OCH3 is 1. The first-order valence-electron chi connectivity index (χ1n) is 9.14. The van der Waals surface area contributed by atoms with Crippen LogP contribution in [0.25, 0.3) is 11.5 Å². The Hall–Kier alpha value is -3.35. The van der Waals surface area contributed by atoms with Crippen LogP contribution in [0.1, 0.15) is 19.2 Å². The van der Waals surface area contributed by atoms with Gasteiger partial charge in [0.05, 0.1) is 13.7 Å². The minimum Gasteiger partial charge on any atom is -0.497 e. The Labute approximate surface area is 164 Å². The average Bonchev–Trinajstić information content (AvgIpc) is 3.20. The molecule has 1 amide bonds. The molecule has 7 heteroatoms. The topological polar surface area (TPSA) is 80.5 Å². The molecule has 0 saturated carbocycles. The second-order valence-electron chi connectivity index (χ2n) is 6.40. The van der Waals surface area contributed by atoms with Gasteiger partial charge in [0.15, 0.2) is 0 Å². The fourth-order valence-corrected chi connectivity index (χ4v) is 2.81. The van der Waals surface area contributed by atoms with E-state index in [4.69, 9.17) is 9.15 Å². The number of benzene rings is 2. The summed E-state index contributed by atoms with van der Waals surface area (Å²) >= 11 is 0. The Kier molecular flexibility index (Phi) is 6.26. The lowest BCUT2D eigenvalue weighted by molar-refractivity contribution is -0.131. The molecule has 0 aliphatic rings. The van der Waals surface area contributed by atoms with Crippen LogP contribution in [0.4, 0.5) is 5.69 Å². The molecule has 0 bridgehead atoms. The van der Waals surface area contributed by atoms with Crippen molar-refractivity contribution in [1.82, 2.24) is 15.1 Å². The number of likely N-dealkylation sites (N-methyl/N-ethyl adjacent to an activating group) is 1. The molecule has 1 atom stereocenters. The monoisotopic (exact) mass is 380 g/mol. The van der Waals surface area contributed by atoms with Crippen molar-refractivity contribution in [3.8, 4) is 17.2 Å². The lowest BCUT2D eigenvalue weighted by Gasteiger charge is -2.23. The van der Waals surface area contributed by atoms with E-state index in [1.165, 1.54) is 0 Å². The van der Waals surface area contributed by atoms with E-state index in [0.717, 1.165) is 17.0 Å². The SMILES string of the molecule is CC[C@@H](Nc1cccc(OC)c1)C(=O)N(C)Cc1nnc(-c2ccccc2)o1. The highest BCUT2D eigenvalue weighted by Gasteiger charge is 2.22. The number of hydrogen-bond donors (Lipinski definition) is 1. The lowest BCUT2D eigenvalue weighted by Crippen LogP contribution is -2.40. The molecular formula is C21H24N4O3. The summed E-state index contributed by atoms with van der Waals surface area (Å²) in [5, 5.41) is 11.4. The molecule has 1 aromatic heterocycles. The van der Waals surface area contributed by atoms with Crippen LogP contribution in [0.5, 0.6) is 5.75 Å². The van der Waals surface area contributed by atoms with E-state index in [2.05, 4.69) is 15.5 Å². The lowest BCUT2D eigenvalue weighted by atomic mass is 10.1. The molecule has 0 radical (unpaired) electrons. The van der Waals surface area contributed by atoms with Gasteiger partial charge in [0.1, 0.15) is 11.8 Å². The number of nitrogens with one attached hydrogen (secondary N) is 1. The van der Waals surface area contributed by atoms with Crippen LogP contribution in [0.2, 0.25) is 0 Å². The van der Waals surface area contributed by atoms with Crippen LogP contribution in [-0.2, 0) is 11.3 Å². The quantitative estimate of drug-likeness (QED) is 0.643. The zero-order valence-corrected chi connectivity index (χ0v) is 16.3. The van der Waals surface area contributed by atoms with E-state index in [1.54, 1.807) is 19.1 Å². The van der Waals surface area contributed by atoms with Crippen LogP contribution >= 0.6 is 0 Å². The Balaban J connectivity index is 1.64. The third kappa shape index (κ3) is 4.68. The highest BCUT2D eigenvalue weighted by atomic mass is 16.5. The summed E-state index contributed by atoms with van der Waals surface area (Å²) in [4.78, 5) is 14.4. The molecular weight excluding hydrogens is 356 g/mol. The van der Waals surface area contributed by atoms with Gasteiger partial charge < -0.3 is 19.4 Å². The average molecular weight is 380 g/mol. The maximum Gasteiger partial charge on any atom is 0.247 e. The first-order valence-corrected chi connectivity index (χ1v) is 9.14. The van der Waals surface area contributed by atoms with Gasteiger partial charge in [-0.3, -0.25) is 4.79 Å². The summed E-state index contributed by atoms with van der Waals surface area (Å²) in [6, 6.07) is 16.7. The highest BCUT2D eigenvalue weighted by molar-refractivity contribution is 5.84. The summed E-state index contributed by atoms with van der Waals surface area (Å²) in [7, 11) is 3.34. The van der Waals surface area contributed by atoms with Crippen LogP contribution in [-0.4, -0.2) is 41.2 Å². The van der Waals surface area contributed by atoms with Crippen LogP contribution in [0, 0.1) is 0 Å². The number of ether oxygens (including phenoxy) is 1. The molecule has 0 spiro atoms. The molecule has 28 heavy (non-hydrogen) atoms. The van der Waals surface area contributed by atoms with Gasteiger partial charge in [-0.25, -0.2) is 0 Å². The van der Waals surface area contributed by atoms with Gasteiger partial charge in [0.2, 0.25) is 17.7 Å². The molecule has 1 N–H and O–H groups in total. The number of hydrogen-bond acceptors (Lipinski definition) is 6. The van der Waals surface area contributed by atoms with Gasteiger partial charge in [-0.15, -0.1) is 10.2 Å². The van der Waals surface area contributed by atoms with Crippen molar-refractivity contribution in [2.75, 3.05) is 19.5 Å². The fraction of sp³-hybridized carbons (Fsp3) is 0.286. The Bertz CT molecular complexity index is 911. The summed E-state index contributed by atoms with van der Waals surface area (Å²) in [6.45, 7) is 2.21. The van der Waals surface area contributed by atoms with E-state index in [1.807, 2.05) is 61.5 Å². The second kappa shape index (κ2) is 9.03. The molecule has 146 valence electrons. The minimum atomic E-state index is -0.367. The van der Waals surface area contributed by atoms with Crippen molar-refractivity contribution in [1.29, 1.82) is 0 Å². The first-order chi connectivity index (χ1) is 13.6. The van der Waals surface area contributed by atoms with Gasteiger partial charge in [0.25, 0.3) is 0 Å². The molecule has 0 unspecified atom stereocenters. The molecule has 0 saturated heterocycles. The zero-order chi connectivity index (χ0) is 19.9. The normalized spacial score (nSPS) is 11.7. The number of nitrogens with zero attached hydrogens (tertiary/aromatic N) is 3. The number of amides is 1. The predicted molar refractivity (Wildman–Crippen MR) is 107 cm³/mol. The van der Waals surface area contributed by atoms with E-state index in [-0.39, 0.29) is 18.5 Å². The van der Waals surface area contributed by atoms with Gasteiger partial charge in [-0.05, 0) is 30.7 Å². The number of anilines is 1. The standard InChI is InChI=1S/C21H24N4O3/c1-4-18(22-16-11-8-12-17(13-16)27-3)21(26)25(2)14-19-23-24-20(28-19)15-9-6-5-7-10-15/h5-13,18,22H,4,14H2,1-3H3/t18-/m1/s1.